The highest BCUT2D eigenvalue weighted by Gasteiger charge is 2.35. The number of rotatable bonds is 1. The highest BCUT2D eigenvalue weighted by molar-refractivity contribution is 5.37. The molecule has 0 radical (unpaired) electrons. The minimum absolute atomic E-state index is 0.180. The molecule has 114 valence electrons. The molecular formula is C13H16F3N5. The average Bonchev–Trinajstić information content (AvgIpc) is 2.65. The summed E-state index contributed by atoms with van der Waals surface area (Å²) in [4.78, 5) is 7.72. The Labute approximate surface area is 120 Å². The van der Waals surface area contributed by atoms with Crippen LogP contribution in [0, 0.1) is 6.92 Å². The van der Waals surface area contributed by atoms with E-state index in [1.54, 1.807) is 33.8 Å². The smallest absolute Gasteiger partial charge is 0.383 e. The number of aromatic nitrogens is 4. The van der Waals surface area contributed by atoms with Crippen LogP contribution in [0.3, 0.4) is 0 Å². The van der Waals surface area contributed by atoms with E-state index in [0.29, 0.717) is 5.69 Å². The first kappa shape index (κ1) is 15.3. The van der Waals surface area contributed by atoms with Gasteiger partial charge in [0.15, 0.2) is 0 Å². The molecule has 0 aliphatic rings. The van der Waals surface area contributed by atoms with Crippen molar-refractivity contribution < 1.29 is 13.2 Å². The Bertz CT molecular complexity index is 635. The maximum atomic E-state index is 13.0. The molecule has 2 aromatic heterocycles. The van der Waals surface area contributed by atoms with Gasteiger partial charge in [-0.1, -0.05) is 20.8 Å². The number of nitrogens with zero attached hydrogens (tertiary/aromatic N) is 4. The van der Waals surface area contributed by atoms with Crippen LogP contribution in [-0.4, -0.2) is 19.7 Å². The molecule has 0 atom stereocenters. The minimum atomic E-state index is -4.56. The normalized spacial score (nSPS) is 12.7. The van der Waals surface area contributed by atoms with Gasteiger partial charge in [-0.25, -0.2) is 9.97 Å². The van der Waals surface area contributed by atoms with Crippen LogP contribution in [-0.2, 0) is 11.6 Å². The first-order chi connectivity index (χ1) is 9.48. The summed E-state index contributed by atoms with van der Waals surface area (Å²) in [6, 6.07) is 2.50. The fourth-order valence-corrected chi connectivity index (χ4v) is 1.74. The third kappa shape index (κ3) is 3.14. The van der Waals surface area contributed by atoms with Gasteiger partial charge in [0.25, 0.3) is 5.95 Å². The molecule has 2 aromatic rings. The highest BCUT2D eigenvalue weighted by Crippen LogP contribution is 2.31. The molecule has 5 nitrogen and oxygen atoms in total. The molecule has 0 aliphatic carbocycles. The van der Waals surface area contributed by atoms with E-state index >= 15 is 0 Å². The number of aryl methyl sites for hydroxylation is 1. The maximum absolute atomic E-state index is 13.0. The van der Waals surface area contributed by atoms with Crippen molar-refractivity contribution in [3.63, 3.8) is 0 Å². The maximum Gasteiger partial charge on any atom is 0.433 e. The van der Waals surface area contributed by atoms with Crippen molar-refractivity contribution >= 4 is 5.82 Å². The van der Waals surface area contributed by atoms with Gasteiger partial charge in [0, 0.05) is 11.5 Å². The molecule has 0 bridgehead atoms. The quantitative estimate of drug-likeness (QED) is 0.879. The van der Waals surface area contributed by atoms with Crippen molar-refractivity contribution in [1.82, 2.24) is 19.7 Å². The number of hydrogen-bond donors (Lipinski definition) is 1. The first-order valence-electron chi connectivity index (χ1n) is 6.28. The van der Waals surface area contributed by atoms with Crippen molar-refractivity contribution in [2.24, 2.45) is 0 Å². The Morgan fingerprint density at radius 3 is 2.05 bits per heavy atom. The number of hydrogen-bond acceptors (Lipinski definition) is 4. The second-order valence-electron chi connectivity index (χ2n) is 5.81. The van der Waals surface area contributed by atoms with Crippen LogP contribution in [0.1, 0.15) is 37.9 Å². The summed E-state index contributed by atoms with van der Waals surface area (Å²) < 4.78 is 40.1. The van der Waals surface area contributed by atoms with Gasteiger partial charge < -0.3 is 5.73 Å². The zero-order valence-corrected chi connectivity index (χ0v) is 12.2. The van der Waals surface area contributed by atoms with Crippen LogP contribution in [0.4, 0.5) is 19.0 Å². The second-order valence-corrected chi connectivity index (χ2v) is 5.81. The van der Waals surface area contributed by atoms with Crippen LogP contribution in [0.2, 0.25) is 0 Å². The molecule has 0 spiro atoms. The van der Waals surface area contributed by atoms with Crippen LogP contribution in [0.15, 0.2) is 12.1 Å². The molecule has 21 heavy (non-hydrogen) atoms. The third-order valence-corrected chi connectivity index (χ3v) is 2.82. The monoisotopic (exact) mass is 299 g/mol. The molecule has 0 saturated heterocycles. The topological polar surface area (TPSA) is 69.6 Å². The van der Waals surface area contributed by atoms with E-state index < -0.39 is 17.3 Å². The van der Waals surface area contributed by atoms with Crippen molar-refractivity contribution in [2.45, 2.75) is 39.3 Å². The molecular weight excluding hydrogens is 283 g/mol. The van der Waals surface area contributed by atoms with Gasteiger partial charge in [0.2, 0.25) is 0 Å². The molecule has 2 heterocycles. The van der Waals surface area contributed by atoms with Crippen molar-refractivity contribution in [3.05, 3.63) is 29.2 Å². The van der Waals surface area contributed by atoms with Crippen molar-refractivity contribution in [3.8, 4) is 5.95 Å². The van der Waals surface area contributed by atoms with Crippen LogP contribution in [0.25, 0.3) is 5.95 Å². The van der Waals surface area contributed by atoms with Gasteiger partial charge >= 0.3 is 6.18 Å². The number of anilines is 1. The Kier molecular flexibility index (Phi) is 3.43. The van der Waals surface area contributed by atoms with E-state index in [-0.39, 0.29) is 17.5 Å². The largest absolute Gasteiger partial charge is 0.433 e. The molecule has 2 rings (SSSR count). The Morgan fingerprint density at radius 1 is 1.05 bits per heavy atom. The molecule has 0 saturated carbocycles. The summed E-state index contributed by atoms with van der Waals surface area (Å²) in [5, 5.41) is 4.03. The first-order valence-corrected chi connectivity index (χ1v) is 6.28. The van der Waals surface area contributed by atoms with E-state index in [4.69, 9.17) is 5.73 Å². The molecule has 8 heteroatoms. The molecule has 2 N–H and O–H groups in total. The fraction of sp³-hybridized carbons (Fsp3) is 0.462. The van der Waals surface area contributed by atoms with Gasteiger partial charge in [-0.05, 0) is 13.0 Å². The molecule has 0 aromatic carbocycles. The van der Waals surface area contributed by atoms with Crippen LogP contribution >= 0.6 is 0 Å². The minimum Gasteiger partial charge on any atom is -0.383 e. The Hall–Kier alpha value is -2.12. The van der Waals surface area contributed by atoms with Crippen LogP contribution < -0.4 is 5.73 Å². The lowest BCUT2D eigenvalue weighted by Crippen LogP contribution is -2.21. The predicted molar refractivity (Wildman–Crippen MR) is 72.0 cm³/mol. The van der Waals surface area contributed by atoms with E-state index in [2.05, 4.69) is 15.1 Å². The number of nitrogen functional groups attached to an aromatic ring is 1. The summed E-state index contributed by atoms with van der Waals surface area (Å²) in [5.74, 6) is 0.00651. The Balaban J connectivity index is 2.69. The number of alkyl halides is 3. The molecule has 0 unspecified atom stereocenters. The fourth-order valence-electron chi connectivity index (χ4n) is 1.74. The van der Waals surface area contributed by atoms with Gasteiger partial charge in [-0.15, -0.1) is 0 Å². The summed E-state index contributed by atoms with van der Waals surface area (Å²) in [5.41, 5.74) is 5.01. The molecule has 0 amide bonds. The standard InChI is InChI=1S/C13H16F3N5/c1-7-5-10(17)21(20-7)11-18-8(12(2,3)4)6-9(19-11)13(14,15)16/h5-6H,17H2,1-4H3. The Morgan fingerprint density at radius 2 is 1.62 bits per heavy atom. The number of halogens is 3. The highest BCUT2D eigenvalue weighted by atomic mass is 19.4. The van der Waals surface area contributed by atoms with Gasteiger partial charge in [-0.3, -0.25) is 0 Å². The van der Waals surface area contributed by atoms with E-state index in [0.717, 1.165) is 10.7 Å². The average molecular weight is 299 g/mol. The molecule has 0 fully saturated rings. The van der Waals surface area contributed by atoms with E-state index in [9.17, 15) is 13.2 Å². The van der Waals surface area contributed by atoms with Crippen molar-refractivity contribution in [1.29, 1.82) is 0 Å². The van der Waals surface area contributed by atoms with E-state index in [1.165, 1.54) is 0 Å². The van der Waals surface area contributed by atoms with Gasteiger partial charge in [-0.2, -0.15) is 23.0 Å². The lowest BCUT2D eigenvalue weighted by molar-refractivity contribution is -0.141. The summed E-state index contributed by atoms with van der Waals surface area (Å²) in [7, 11) is 0. The van der Waals surface area contributed by atoms with Gasteiger partial charge in [0.1, 0.15) is 11.5 Å². The SMILES string of the molecule is Cc1cc(N)n(-c2nc(C(C)(C)C)cc(C(F)(F)F)n2)n1. The molecule has 0 aliphatic heterocycles. The predicted octanol–water partition coefficient (Wildman–Crippen LogP) is 2.87. The van der Waals surface area contributed by atoms with Gasteiger partial charge in [0.05, 0.1) is 11.4 Å². The zero-order valence-electron chi connectivity index (χ0n) is 12.2. The van der Waals surface area contributed by atoms with Crippen molar-refractivity contribution in [2.75, 3.05) is 5.73 Å². The lowest BCUT2D eigenvalue weighted by atomic mass is 9.91. The summed E-state index contributed by atoms with van der Waals surface area (Å²) in [6.07, 6.45) is -4.56. The second kappa shape index (κ2) is 4.71. The zero-order chi connectivity index (χ0) is 16.0. The number of nitrogens with two attached hydrogens (primary N) is 1. The third-order valence-electron chi connectivity index (χ3n) is 2.82. The summed E-state index contributed by atoms with van der Waals surface area (Å²) in [6.45, 7) is 7.01. The van der Waals surface area contributed by atoms with E-state index in [1.807, 2.05) is 0 Å². The lowest BCUT2D eigenvalue weighted by Gasteiger charge is -2.20. The van der Waals surface area contributed by atoms with Crippen LogP contribution in [0.5, 0.6) is 0 Å². The summed E-state index contributed by atoms with van der Waals surface area (Å²) >= 11 is 0.